The Morgan fingerprint density at radius 3 is 2.82 bits per heavy atom. The monoisotopic (exact) mass is 391 g/mol. The van der Waals surface area contributed by atoms with E-state index in [-0.39, 0.29) is 5.91 Å². The zero-order valence-electron chi connectivity index (χ0n) is 15.3. The molecule has 5 rings (SSSR count). The van der Waals surface area contributed by atoms with Crippen LogP contribution in [0.25, 0.3) is 16.7 Å². The Labute approximate surface area is 166 Å². The van der Waals surface area contributed by atoms with Crippen molar-refractivity contribution in [2.24, 2.45) is 0 Å². The molecule has 0 spiro atoms. The molecule has 1 aliphatic carbocycles. The maximum Gasteiger partial charge on any atom is 0.273 e. The number of imidazole rings is 1. The van der Waals surface area contributed by atoms with E-state index in [9.17, 15) is 4.79 Å². The molecule has 4 aromatic rings. The van der Waals surface area contributed by atoms with Crippen molar-refractivity contribution in [1.29, 1.82) is 0 Å². The second-order valence-electron chi connectivity index (χ2n) is 7.11. The molecule has 0 saturated heterocycles. The molecule has 1 N–H and O–H groups in total. The SMILES string of the molecule is Cc1ccc(-n2ncc(C(=O)Nn3cnc4ccccc43)c2C2CC2)cc1Cl. The molecule has 6 nitrogen and oxygen atoms in total. The fourth-order valence-electron chi connectivity index (χ4n) is 3.42. The van der Waals surface area contributed by atoms with Crippen molar-refractivity contribution in [3.05, 3.63) is 76.8 Å². The van der Waals surface area contributed by atoms with Gasteiger partial charge in [-0.15, -0.1) is 0 Å². The highest BCUT2D eigenvalue weighted by molar-refractivity contribution is 6.31. The van der Waals surface area contributed by atoms with Crippen LogP contribution in [-0.2, 0) is 0 Å². The largest absolute Gasteiger partial charge is 0.273 e. The number of para-hydroxylation sites is 2. The van der Waals surface area contributed by atoms with Gasteiger partial charge in [-0.3, -0.25) is 10.2 Å². The van der Waals surface area contributed by atoms with Crippen LogP contribution < -0.4 is 5.43 Å². The molecule has 2 aromatic heterocycles. The molecule has 2 heterocycles. The van der Waals surface area contributed by atoms with Crippen LogP contribution >= 0.6 is 11.6 Å². The average Bonchev–Trinajstić information content (AvgIpc) is 3.31. The van der Waals surface area contributed by atoms with Gasteiger partial charge in [-0.2, -0.15) is 5.10 Å². The number of benzene rings is 2. The molecular weight excluding hydrogens is 374 g/mol. The lowest BCUT2D eigenvalue weighted by molar-refractivity contribution is 0.101. The Balaban J connectivity index is 1.52. The van der Waals surface area contributed by atoms with Gasteiger partial charge in [0.25, 0.3) is 5.91 Å². The zero-order valence-corrected chi connectivity index (χ0v) is 16.0. The molecular formula is C21H18ClN5O. The molecule has 1 fully saturated rings. The topological polar surface area (TPSA) is 64.7 Å². The van der Waals surface area contributed by atoms with Crippen molar-refractivity contribution in [2.45, 2.75) is 25.7 Å². The summed E-state index contributed by atoms with van der Waals surface area (Å²) in [5.41, 5.74) is 7.99. The first-order valence-electron chi connectivity index (χ1n) is 9.19. The number of amides is 1. The fraction of sp³-hybridized carbons (Fsp3) is 0.190. The summed E-state index contributed by atoms with van der Waals surface area (Å²) < 4.78 is 3.48. The van der Waals surface area contributed by atoms with E-state index in [1.54, 1.807) is 17.2 Å². The van der Waals surface area contributed by atoms with Crippen molar-refractivity contribution in [2.75, 3.05) is 5.43 Å². The van der Waals surface area contributed by atoms with Gasteiger partial charge in [0.05, 0.1) is 34.2 Å². The number of carbonyl (C=O) groups is 1. The predicted molar refractivity (Wildman–Crippen MR) is 109 cm³/mol. The lowest BCUT2D eigenvalue weighted by Crippen LogP contribution is -2.23. The van der Waals surface area contributed by atoms with E-state index in [1.807, 2.05) is 54.1 Å². The number of hydrogen-bond acceptors (Lipinski definition) is 3. The summed E-state index contributed by atoms with van der Waals surface area (Å²) in [5, 5.41) is 5.19. The van der Waals surface area contributed by atoms with Crippen molar-refractivity contribution in [3.8, 4) is 5.69 Å². The van der Waals surface area contributed by atoms with E-state index in [1.165, 1.54) is 0 Å². The van der Waals surface area contributed by atoms with Crippen molar-refractivity contribution >= 4 is 28.5 Å². The number of aromatic nitrogens is 4. The van der Waals surface area contributed by atoms with E-state index in [0.717, 1.165) is 40.8 Å². The second kappa shape index (κ2) is 6.49. The van der Waals surface area contributed by atoms with Crippen LogP contribution in [0.2, 0.25) is 5.02 Å². The van der Waals surface area contributed by atoms with E-state index in [2.05, 4.69) is 15.5 Å². The first-order chi connectivity index (χ1) is 13.6. The minimum Gasteiger partial charge on any atom is -0.267 e. The van der Waals surface area contributed by atoms with Crippen molar-refractivity contribution in [1.82, 2.24) is 19.4 Å². The van der Waals surface area contributed by atoms with Gasteiger partial charge < -0.3 is 0 Å². The van der Waals surface area contributed by atoms with Crippen LogP contribution in [0, 0.1) is 6.92 Å². The summed E-state index contributed by atoms with van der Waals surface area (Å²) >= 11 is 6.30. The molecule has 0 atom stereocenters. The highest BCUT2D eigenvalue weighted by Crippen LogP contribution is 2.42. The molecule has 2 aromatic carbocycles. The van der Waals surface area contributed by atoms with Gasteiger partial charge >= 0.3 is 0 Å². The quantitative estimate of drug-likeness (QED) is 0.559. The summed E-state index contributed by atoms with van der Waals surface area (Å²) in [7, 11) is 0. The molecule has 7 heteroatoms. The Hall–Kier alpha value is -3.12. The first kappa shape index (κ1) is 17.0. The molecule has 0 aliphatic heterocycles. The summed E-state index contributed by atoms with van der Waals surface area (Å²) in [6.07, 6.45) is 5.36. The smallest absolute Gasteiger partial charge is 0.267 e. The third-order valence-corrected chi connectivity index (χ3v) is 5.50. The van der Waals surface area contributed by atoms with Crippen LogP contribution in [0.1, 0.15) is 40.4 Å². The van der Waals surface area contributed by atoms with Crippen LogP contribution in [0.4, 0.5) is 0 Å². The standard InChI is InChI=1S/C21H18ClN5O/c1-13-6-9-15(10-17(13)22)27-20(14-7-8-14)16(11-24-27)21(28)25-26-12-23-18-4-2-3-5-19(18)26/h2-6,9-12,14H,7-8H2,1H3,(H,25,28). The van der Waals surface area contributed by atoms with Crippen LogP contribution in [-0.4, -0.2) is 25.3 Å². The highest BCUT2D eigenvalue weighted by Gasteiger charge is 2.33. The normalized spacial score (nSPS) is 13.8. The minimum absolute atomic E-state index is 0.200. The summed E-state index contributed by atoms with van der Waals surface area (Å²) in [6.45, 7) is 1.96. The second-order valence-corrected chi connectivity index (χ2v) is 7.51. The maximum absolute atomic E-state index is 13.0. The number of nitrogens with zero attached hydrogens (tertiary/aromatic N) is 4. The lowest BCUT2D eigenvalue weighted by Gasteiger charge is -2.11. The average molecular weight is 392 g/mol. The van der Waals surface area contributed by atoms with Crippen LogP contribution in [0.5, 0.6) is 0 Å². The molecule has 1 saturated carbocycles. The third-order valence-electron chi connectivity index (χ3n) is 5.09. The van der Waals surface area contributed by atoms with Crippen LogP contribution in [0.3, 0.4) is 0 Å². The number of nitrogens with one attached hydrogen (secondary N) is 1. The molecule has 0 bridgehead atoms. The van der Waals surface area contributed by atoms with Gasteiger partial charge in [0.1, 0.15) is 6.33 Å². The summed E-state index contributed by atoms with van der Waals surface area (Å²) in [6, 6.07) is 13.5. The van der Waals surface area contributed by atoms with Gasteiger partial charge in [-0.25, -0.2) is 14.3 Å². The molecule has 28 heavy (non-hydrogen) atoms. The zero-order chi connectivity index (χ0) is 19.3. The van der Waals surface area contributed by atoms with Gasteiger partial charge in [0.15, 0.2) is 0 Å². The van der Waals surface area contributed by atoms with Crippen molar-refractivity contribution in [3.63, 3.8) is 0 Å². The molecule has 0 radical (unpaired) electrons. The van der Waals surface area contributed by atoms with E-state index >= 15 is 0 Å². The Morgan fingerprint density at radius 1 is 1.21 bits per heavy atom. The summed E-state index contributed by atoms with van der Waals surface area (Å²) in [5.74, 6) is 0.136. The highest BCUT2D eigenvalue weighted by atomic mass is 35.5. The van der Waals surface area contributed by atoms with Gasteiger partial charge in [-0.1, -0.05) is 29.8 Å². The first-order valence-corrected chi connectivity index (χ1v) is 9.57. The van der Waals surface area contributed by atoms with Crippen LogP contribution in [0.15, 0.2) is 55.0 Å². The number of rotatable bonds is 4. The number of aryl methyl sites for hydroxylation is 1. The predicted octanol–water partition coefficient (Wildman–Crippen LogP) is 4.45. The van der Waals surface area contributed by atoms with E-state index in [0.29, 0.717) is 16.5 Å². The minimum atomic E-state index is -0.200. The number of hydrogen-bond donors (Lipinski definition) is 1. The van der Waals surface area contributed by atoms with Gasteiger partial charge in [0.2, 0.25) is 0 Å². The third kappa shape index (κ3) is 2.86. The number of halogens is 1. The molecule has 0 unspecified atom stereocenters. The molecule has 1 aliphatic rings. The Kier molecular flexibility index (Phi) is 3.94. The van der Waals surface area contributed by atoms with Gasteiger partial charge in [-0.05, 0) is 49.6 Å². The summed E-state index contributed by atoms with van der Waals surface area (Å²) in [4.78, 5) is 17.4. The van der Waals surface area contributed by atoms with Gasteiger partial charge in [0, 0.05) is 10.9 Å². The Morgan fingerprint density at radius 2 is 2.04 bits per heavy atom. The van der Waals surface area contributed by atoms with Crippen molar-refractivity contribution < 1.29 is 4.79 Å². The Bertz CT molecular complexity index is 1200. The molecule has 1 amide bonds. The number of fused-ring (bicyclic) bond motifs is 1. The lowest BCUT2D eigenvalue weighted by atomic mass is 10.1. The fourth-order valence-corrected chi connectivity index (χ4v) is 3.59. The maximum atomic E-state index is 13.0. The van der Waals surface area contributed by atoms with E-state index < -0.39 is 0 Å². The number of carbonyl (C=O) groups excluding carboxylic acids is 1. The molecule has 140 valence electrons. The van der Waals surface area contributed by atoms with E-state index in [4.69, 9.17) is 11.6 Å².